The number of carbonyl (C=O) groups is 8. The van der Waals surface area contributed by atoms with E-state index in [-0.39, 0.29) is 26.1 Å². The number of allylic oxidation sites excluding steroid dienone is 2. The molecule has 10 rings (SSSR count). The molecule has 2 spiro atoms. The van der Waals surface area contributed by atoms with Crippen molar-refractivity contribution in [1.29, 1.82) is 0 Å². The molecule has 0 radical (unpaired) electrons. The van der Waals surface area contributed by atoms with Gasteiger partial charge in [-0.15, -0.1) is 0 Å². The average molecular weight is 933 g/mol. The number of carboxylic acid groups (broad SMARTS) is 2. The van der Waals surface area contributed by atoms with Crippen molar-refractivity contribution in [2.45, 2.75) is 115 Å². The van der Waals surface area contributed by atoms with Crippen LogP contribution in [0, 0.1) is 69.0 Å². The lowest BCUT2D eigenvalue weighted by atomic mass is 9.38. The van der Waals surface area contributed by atoms with Gasteiger partial charge in [0.05, 0.1) is 13.2 Å². The number of carbonyl (C=O) groups excluding carboxylic acids is 6. The summed E-state index contributed by atoms with van der Waals surface area (Å²) in [6.45, 7) is 8.98. The lowest BCUT2D eigenvalue weighted by Gasteiger charge is -2.68. The standard InChI is InChI=1S/C42H50O18.C2H2O4/c1-13-7-19(43)29(47)37(5)17(13)9-21-39-11-55-41(53,35(37)39)27(45)15(3)23(39)25(31(49)57-21)59-33(51)34(52)60-26-24-16(4)28(46)42(54)36-38(6)18(14(2)8-20(44)30(38)48)10-22(58-32(26)50)40(24,36)12-56-42;3-1(4)2(5)6/h7-8,15-18,21-30,35-36,45-48,53-54H,9-12H2,1-6H3;(H,3,4)(H,5,6)/t15-,16-,17+,18+,21-,22-,23-,24-,25-,26-,27-,28-,29-,30-,35-,36-,37-,38-,39+,40+,41-,42-;/m1./s1. The molecule has 22 nitrogen and oxygen atoms in total. The predicted molar refractivity (Wildman–Crippen MR) is 208 cm³/mol. The minimum atomic E-state index is -2.32. The van der Waals surface area contributed by atoms with Crippen LogP contribution in [0.3, 0.4) is 0 Å². The molecule has 0 aromatic rings. The molecular formula is C44H52O22. The molecule has 4 bridgehead atoms. The van der Waals surface area contributed by atoms with Crippen molar-refractivity contribution in [2.75, 3.05) is 13.2 Å². The van der Waals surface area contributed by atoms with Gasteiger partial charge in [-0.25, -0.2) is 28.8 Å². The summed E-state index contributed by atoms with van der Waals surface area (Å²) in [7, 11) is 0. The maximum absolute atomic E-state index is 14.0. The first-order valence-corrected chi connectivity index (χ1v) is 21.8. The van der Waals surface area contributed by atoms with Gasteiger partial charge in [0.2, 0.25) is 12.2 Å². The number of rotatable bonds is 2. The van der Waals surface area contributed by atoms with Crippen molar-refractivity contribution >= 4 is 47.4 Å². The SMILES string of the molecule is CC1=CC(=O)[C@@H](O)[C@]2(C)[C@H]3[C@]4(O)OC[C@]35[C@H]([C@@H](C)[C@H]4O)[C@@H](OC(=O)C(=O)O[C@H]3C(=O)O[C@@H]4C[C@H]6C(C)=CC(=O)[C@@H](O)[C@]6(C)[C@H]6[C@]7(O)OC[C@]64[C@@H]3[C@@H](C)[C@H]7O)C(=O)O[C@@H]5C[C@@H]12.O=C(O)C(=O)O. The zero-order valence-electron chi connectivity index (χ0n) is 36.5. The largest absolute Gasteiger partial charge is 0.473 e. The summed E-state index contributed by atoms with van der Waals surface area (Å²) < 4.78 is 35.2. The number of aliphatic carboxylic acids is 2. The van der Waals surface area contributed by atoms with Gasteiger partial charge in [-0.3, -0.25) is 9.59 Å². The van der Waals surface area contributed by atoms with Crippen molar-refractivity contribution in [3.05, 3.63) is 23.3 Å². The van der Waals surface area contributed by atoms with E-state index in [4.69, 9.17) is 48.2 Å². The van der Waals surface area contributed by atoms with Crippen LogP contribution in [-0.4, -0.2) is 162 Å². The molecule has 8 N–H and O–H groups in total. The van der Waals surface area contributed by atoms with Crippen molar-refractivity contribution in [1.82, 2.24) is 0 Å². The highest BCUT2D eigenvalue weighted by molar-refractivity contribution is 6.30. The van der Waals surface area contributed by atoms with E-state index < -0.39 is 177 Å². The Hall–Kier alpha value is -4.68. The maximum Gasteiger partial charge on any atom is 0.418 e. The predicted octanol–water partition coefficient (Wildman–Crippen LogP) is -2.45. The lowest BCUT2D eigenvalue weighted by Crippen LogP contribution is -2.78. The highest BCUT2D eigenvalue weighted by atomic mass is 16.7. The molecule has 22 heteroatoms. The molecule has 4 saturated heterocycles. The molecule has 360 valence electrons. The Morgan fingerprint density at radius 1 is 0.621 bits per heavy atom. The number of ether oxygens (including phenoxy) is 6. The molecule has 22 atom stereocenters. The van der Waals surface area contributed by atoms with Crippen molar-refractivity contribution in [2.24, 2.45) is 69.0 Å². The molecule has 0 aromatic heterocycles. The van der Waals surface area contributed by atoms with Crippen LogP contribution in [0.2, 0.25) is 0 Å². The maximum atomic E-state index is 14.0. The number of carboxylic acids is 2. The molecule has 0 aromatic carbocycles. The Balaban J connectivity index is 0.000000857. The van der Waals surface area contributed by atoms with Gasteiger partial charge < -0.3 is 69.3 Å². The summed E-state index contributed by atoms with van der Waals surface area (Å²) in [6, 6.07) is 0. The third-order valence-electron chi connectivity index (χ3n) is 18.1. The Morgan fingerprint density at radius 2 is 0.955 bits per heavy atom. The molecule has 6 aliphatic carbocycles. The summed E-state index contributed by atoms with van der Waals surface area (Å²) >= 11 is 0. The highest BCUT2D eigenvalue weighted by Gasteiger charge is 2.85. The van der Waals surface area contributed by atoms with E-state index in [2.05, 4.69) is 0 Å². The third kappa shape index (κ3) is 5.40. The molecule has 4 saturated carbocycles. The first-order chi connectivity index (χ1) is 30.6. The first kappa shape index (κ1) is 46.4. The number of aliphatic hydroxyl groups is 6. The Morgan fingerprint density at radius 3 is 1.27 bits per heavy atom. The number of fused-ring (bicyclic) bond motifs is 2. The van der Waals surface area contributed by atoms with E-state index in [0.717, 1.165) is 0 Å². The van der Waals surface area contributed by atoms with E-state index in [1.54, 1.807) is 27.7 Å². The van der Waals surface area contributed by atoms with Crippen molar-refractivity contribution in [3.63, 3.8) is 0 Å². The quantitative estimate of drug-likeness (QED) is 0.0809. The first-order valence-electron chi connectivity index (χ1n) is 21.8. The van der Waals surface area contributed by atoms with E-state index >= 15 is 0 Å². The van der Waals surface area contributed by atoms with Crippen molar-refractivity contribution in [3.8, 4) is 0 Å². The topological polar surface area (TPSA) is 354 Å². The monoisotopic (exact) mass is 932 g/mol. The van der Waals surface area contributed by atoms with Crippen LogP contribution in [0.4, 0.5) is 0 Å². The van der Waals surface area contributed by atoms with Gasteiger partial charge in [-0.2, -0.15) is 0 Å². The Labute approximate surface area is 374 Å². The zero-order chi connectivity index (χ0) is 48.5. The van der Waals surface area contributed by atoms with E-state index in [1.165, 1.54) is 26.0 Å². The number of esters is 4. The number of hydrogen-bond donors (Lipinski definition) is 8. The Kier molecular flexibility index (Phi) is 10.1. The fraction of sp³-hybridized carbons (Fsp3) is 0.727. The van der Waals surface area contributed by atoms with Gasteiger partial charge in [-0.1, -0.05) is 38.8 Å². The van der Waals surface area contributed by atoms with Crippen LogP contribution in [-0.2, 0) is 66.8 Å². The van der Waals surface area contributed by atoms with Gasteiger partial charge in [0.25, 0.3) is 0 Å². The van der Waals surface area contributed by atoms with Crippen LogP contribution in [0.15, 0.2) is 23.3 Å². The second kappa shape index (κ2) is 14.4. The van der Waals surface area contributed by atoms with E-state index in [9.17, 15) is 59.4 Å². The second-order valence-electron chi connectivity index (χ2n) is 20.6. The molecule has 66 heavy (non-hydrogen) atoms. The third-order valence-corrected chi connectivity index (χ3v) is 18.1. The van der Waals surface area contributed by atoms with Crippen LogP contribution in [0.1, 0.15) is 54.4 Å². The van der Waals surface area contributed by atoms with Crippen LogP contribution in [0.25, 0.3) is 0 Å². The van der Waals surface area contributed by atoms with Crippen LogP contribution >= 0.6 is 0 Å². The fourth-order valence-electron chi connectivity index (χ4n) is 15.8. The summed E-state index contributed by atoms with van der Waals surface area (Å²) in [5.41, 5.74) is -4.61. The molecule has 8 fully saturated rings. The van der Waals surface area contributed by atoms with Gasteiger partial charge in [0.15, 0.2) is 23.1 Å². The van der Waals surface area contributed by atoms with E-state index in [0.29, 0.717) is 11.1 Å². The molecule has 4 aliphatic heterocycles. The van der Waals surface area contributed by atoms with Gasteiger partial charge in [0, 0.05) is 45.3 Å². The average Bonchev–Trinajstić information content (AvgIpc) is 3.71. The highest BCUT2D eigenvalue weighted by Crippen LogP contribution is 2.75. The Bertz CT molecular complexity index is 2170. The van der Waals surface area contributed by atoms with Crippen molar-refractivity contribution < 1.29 is 108 Å². The minimum absolute atomic E-state index is 0.103. The summed E-state index contributed by atoms with van der Waals surface area (Å²) in [4.78, 5) is 100. The number of hydrogen-bond acceptors (Lipinski definition) is 20. The van der Waals surface area contributed by atoms with Gasteiger partial charge in [-0.05, 0) is 62.5 Å². The smallest absolute Gasteiger partial charge is 0.418 e. The summed E-state index contributed by atoms with van der Waals surface area (Å²) in [5, 5.41) is 85.6. The summed E-state index contributed by atoms with van der Waals surface area (Å²) in [6.07, 6.45) is -9.72. The van der Waals surface area contributed by atoms with Crippen LogP contribution in [0.5, 0.6) is 0 Å². The fourth-order valence-corrected chi connectivity index (χ4v) is 15.8. The number of aliphatic hydroxyl groups excluding tert-OH is 4. The van der Waals surface area contributed by atoms with E-state index in [1.807, 2.05) is 0 Å². The lowest BCUT2D eigenvalue weighted by molar-refractivity contribution is -0.340. The van der Waals surface area contributed by atoms with Gasteiger partial charge in [0.1, 0.15) is 36.6 Å². The molecule has 0 amide bonds. The van der Waals surface area contributed by atoms with Gasteiger partial charge >= 0.3 is 35.8 Å². The molecule has 10 aliphatic rings. The molecular weight excluding hydrogens is 880 g/mol. The molecule has 0 unspecified atom stereocenters. The molecule has 4 heterocycles. The number of ketones is 2. The minimum Gasteiger partial charge on any atom is -0.473 e. The van der Waals surface area contributed by atoms with Crippen LogP contribution < -0.4 is 0 Å². The second-order valence-corrected chi connectivity index (χ2v) is 20.6. The summed E-state index contributed by atoms with van der Waals surface area (Å²) in [5.74, 6) is -23.2. The normalized spacial score (nSPS) is 52.2. The zero-order valence-corrected chi connectivity index (χ0v) is 36.5.